The first-order valence-electron chi connectivity index (χ1n) is 3.63. The van der Waals surface area contributed by atoms with Crippen LogP contribution in [0, 0.1) is 0 Å². The topological polar surface area (TPSA) is 44.3 Å². The van der Waals surface area contributed by atoms with Crippen LogP contribution in [-0.2, 0) is 0 Å². The summed E-state index contributed by atoms with van der Waals surface area (Å²) in [5.41, 5.74) is 1.01. The average Bonchev–Trinajstić information content (AvgIpc) is 2.56. The number of aromatic amines is 1. The summed E-state index contributed by atoms with van der Waals surface area (Å²) in [4.78, 5) is 7.83. The molecule has 2 rings (SSSR count). The SMILES string of the molecule is IC1=C(n2cnc[nH+]2)C=CN=C=C1.[I-]. The summed E-state index contributed by atoms with van der Waals surface area (Å²) in [5, 5.41) is 2.97. The van der Waals surface area contributed by atoms with Crippen molar-refractivity contribution >= 4 is 34.2 Å². The molecule has 1 aromatic heterocycles. The predicted molar refractivity (Wildman–Crippen MR) is 57.2 cm³/mol. The van der Waals surface area contributed by atoms with Gasteiger partial charge in [0, 0.05) is 12.3 Å². The van der Waals surface area contributed by atoms with Gasteiger partial charge in [0.25, 0.3) is 0 Å². The van der Waals surface area contributed by atoms with Gasteiger partial charge in [0.2, 0.25) is 6.33 Å². The van der Waals surface area contributed by atoms with E-state index in [-0.39, 0.29) is 24.0 Å². The van der Waals surface area contributed by atoms with E-state index in [0.29, 0.717) is 0 Å². The highest BCUT2D eigenvalue weighted by Gasteiger charge is 2.06. The molecule has 0 bridgehead atoms. The first-order valence-corrected chi connectivity index (χ1v) is 4.71. The molecule has 0 aliphatic carbocycles. The molecule has 0 fully saturated rings. The molecule has 2 heterocycles. The molecule has 0 saturated heterocycles. The van der Waals surface area contributed by atoms with E-state index in [0.717, 1.165) is 9.28 Å². The molecule has 0 unspecified atom stereocenters. The number of allylic oxidation sites excluding steroid dienone is 4. The summed E-state index contributed by atoms with van der Waals surface area (Å²) in [6.45, 7) is 0. The Morgan fingerprint density at radius 1 is 1.50 bits per heavy atom. The molecule has 4 nitrogen and oxygen atoms in total. The fraction of sp³-hybridized carbons (Fsp3) is 0. The zero-order valence-electron chi connectivity index (χ0n) is 6.98. The second-order valence-electron chi connectivity index (χ2n) is 2.34. The van der Waals surface area contributed by atoms with Gasteiger partial charge < -0.3 is 24.0 Å². The van der Waals surface area contributed by atoms with E-state index in [1.54, 1.807) is 18.9 Å². The van der Waals surface area contributed by atoms with Crippen LogP contribution in [0.3, 0.4) is 0 Å². The molecule has 0 aromatic carbocycles. The summed E-state index contributed by atoms with van der Waals surface area (Å²) in [5.74, 6) is 2.79. The standard InChI is InChI=1S/C8H5IN4.HI/c9-7-1-3-10-4-2-8(7)13-6-11-5-12-13;/h1-2,4-6H;1H. The van der Waals surface area contributed by atoms with E-state index in [9.17, 15) is 0 Å². The van der Waals surface area contributed by atoms with E-state index in [1.165, 1.54) is 0 Å². The molecule has 72 valence electrons. The van der Waals surface area contributed by atoms with Crippen LogP contribution in [0.15, 0.2) is 39.6 Å². The van der Waals surface area contributed by atoms with Crippen molar-refractivity contribution in [2.75, 3.05) is 0 Å². The highest BCUT2D eigenvalue weighted by Crippen LogP contribution is 2.18. The Hall–Kier alpha value is -0.470. The molecule has 0 saturated carbocycles. The number of hydrogen-bond donors (Lipinski definition) is 0. The minimum absolute atomic E-state index is 0. The van der Waals surface area contributed by atoms with Crippen molar-refractivity contribution in [3.63, 3.8) is 0 Å². The van der Waals surface area contributed by atoms with Crippen molar-refractivity contribution in [1.82, 2.24) is 9.67 Å². The highest BCUT2D eigenvalue weighted by molar-refractivity contribution is 14.1. The fourth-order valence-corrected chi connectivity index (χ4v) is 1.53. The van der Waals surface area contributed by atoms with Crippen LogP contribution in [0.5, 0.6) is 0 Å². The van der Waals surface area contributed by atoms with E-state index in [1.807, 2.05) is 16.8 Å². The molecular weight excluding hydrogens is 406 g/mol. The van der Waals surface area contributed by atoms with Gasteiger partial charge in [-0.1, -0.05) is 0 Å². The molecule has 1 N–H and O–H groups in total. The molecule has 1 aliphatic heterocycles. The lowest BCUT2D eigenvalue weighted by Crippen LogP contribution is -3.00. The predicted octanol–water partition coefficient (Wildman–Crippen LogP) is -1.94. The third-order valence-corrected chi connectivity index (χ3v) is 2.39. The van der Waals surface area contributed by atoms with Gasteiger partial charge in [-0.05, 0) is 39.5 Å². The van der Waals surface area contributed by atoms with E-state index in [2.05, 4.69) is 43.5 Å². The number of H-pyrrole nitrogens is 1. The average molecular weight is 412 g/mol. The molecule has 0 amide bonds. The maximum Gasteiger partial charge on any atom is 0.304 e. The Morgan fingerprint density at radius 3 is 3.07 bits per heavy atom. The largest absolute Gasteiger partial charge is 1.00 e. The maximum absolute atomic E-state index is 3.93. The van der Waals surface area contributed by atoms with Crippen LogP contribution in [-0.4, -0.2) is 15.5 Å². The van der Waals surface area contributed by atoms with E-state index in [4.69, 9.17) is 0 Å². The number of nitrogens with one attached hydrogen (secondary N) is 1. The second-order valence-corrected chi connectivity index (χ2v) is 3.51. The quantitative estimate of drug-likeness (QED) is 0.496. The second kappa shape index (κ2) is 5.42. The lowest BCUT2D eigenvalue weighted by atomic mass is 10.4. The number of rotatable bonds is 1. The molecule has 0 radical (unpaired) electrons. The molecule has 1 aliphatic rings. The van der Waals surface area contributed by atoms with Crippen molar-refractivity contribution in [3.05, 3.63) is 34.6 Å². The molecule has 0 spiro atoms. The van der Waals surface area contributed by atoms with Crippen LogP contribution in [0.1, 0.15) is 0 Å². The van der Waals surface area contributed by atoms with Crippen LogP contribution in [0.2, 0.25) is 0 Å². The van der Waals surface area contributed by atoms with Gasteiger partial charge >= 0.3 is 6.33 Å². The Morgan fingerprint density at radius 2 is 2.36 bits per heavy atom. The van der Waals surface area contributed by atoms with Crippen LogP contribution in [0.25, 0.3) is 5.70 Å². The first kappa shape index (κ1) is 11.6. The summed E-state index contributed by atoms with van der Waals surface area (Å²) in [6, 6.07) is 0. The van der Waals surface area contributed by atoms with E-state index < -0.39 is 0 Å². The van der Waals surface area contributed by atoms with Crippen molar-refractivity contribution in [1.29, 1.82) is 0 Å². The molecule has 6 heteroatoms. The zero-order chi connectivity index (χ0) is 9.10. The Kier molecular flexibility index (Phi) is 4.49. The molecule has 1 aromatic rings. The normalized spacial score (nSPS) is 14.1. The molecular formula is C8H6I2N4. The lowest BCUT2D eigenvalue weighted by molar-refractivity contribution is -0.473. The summed E-state index contributed by atoms with van der Waals surface area (Å²) >= 11 is 2.23. The molecule has 0 atom stereocenters. The van der Waals surface area contributed by atoms with Gasteiger partial charge in [-0.3, -0.25) is 0 Å². The minimum Gasteiger partial charge on any atom is -1.00 e. The maximum atomic E-state index is 3.93. The number of aromatic nitrogens is 3. The van der Waals surface area contributed by atoms with Crippen molar-refractivity contribution in [3.8, 4) is 0 Å². The highest BCUT2D eigenvalue weighted by atomic mass is 127. The fourth-order valence-electron chi connectivity index (χ4n) is 0.954. The Bertz CT molecular complexity index is 424. The summed E-state index contributed by atoms with van der Waals surface area (Å²) in [6.07, 6.45) is 8.75. The number of hydrogen-bond acceptors (Lipinski definition) is 2. The van der Waals surface area contributed by atoms with Gasteiger partial charge in [0.1, 0.15) is 5.70 Å². The van der Waals surface area contributed by atoms with E-state index >= 15 is 0 Å². The minimum atomic E-state index is 0. The van der Waals surface area contributed by atoms with Crippen molar-refractivity contribution < 1.29 is 29.1 Å². The third-order valence-electron chi connectivity index (χ3n) is 1.53. The zero-order valence-corrected chi connectivity index (χ0v) is 11.3. The first-order chi connectivity index (χ1) is 6.38. The lowest BCUT2D eigenvalue weighted by Gasteiger charge is -1.97. The third kappa shape index (κ3) is 2.52. The van der Waals surface area contributed by atoms with Gasteiger partial charge in [-0.25, -0.2) is 4.99 Å². The van der Waals surface area contributed by atoms with Gasteiger partial charge in [-0.15, -0.1) is 4.68 Å². The summed E-state index contributed by atoms with van der Waals surface area (Å²) < 4.78 is 2.88. The number of nitrogens with zero attached hydrogens (tertiary/aromatic N) is 3. The van der Waals surface area contributed by atoms with Crippen LogP contribution >= 0.6 is 22.6 Å². The molecule has 14 heavy (non-hydrogen) atoms. The Balaban J connectivity index is 0.000000980. The van der Waals surface area contributed by atoms with Gasteiger partial charge in [-0.2, -0.15) is 5.10 Å². The van der Waals surface area contributed by atoms with Gasteiger partial charge in [0.05, 0.1) is 3.58 Å². The number of aliphatic imine (C=N–C) groups is 1. The van der Waals surface area contributed by atoms with Crippen molar-refractivity contribution in [2.45, 2.75) is 0 Å². The van der Waals surface area contributed by atoms with Gasteiger partial charge in [0.15, 0.2) is 0 Å². The van der Waals surface area contributed by atoms with Crippen molar-refractivity contribution in [2.24, 2.45) is 4.99 Å². The number of halogens is 2. The van der Waals surface area contributed by atoms with Crippen LogP contribution in [0.4, 0.5) is 0 Å². The monoisotopic (exact) mass is 412 g/mol. The Labute approximate surface area is 112 Å². The summed E-state index contributed by atoms with van der Waals surface area (Å²) in [7, 11) is 0. The van der Waals surface area contributed by atoms with Crippen LogP contribution < -0.4 is 29.1 Å². The smallest absolute Gasteiger partial charge is 0.304 e.